The van der Waals surface area contributed by atoms with Gasteiger partial charge in [-0.15, -0.1) is 0 Å². The Morgan fingerprint density at radius 1 is 1.53 bits per heavy atom. The maximum absolute atomic E-state index is 11.8. The van der Waals surface area contributed by atoms with Gasteiger partial charge in [0, 0.05) is 33.4 Å². The van der Waals surface area contributed by atoms with Crippen molar-refractivity contribution in [2.45, 2.75) is 6.42 Å². The van der Waals surface area contributed by atoms with Crippen LogP contribution in [0.2, 0.25) is 0 Å². The molecule has 1 amide bonds. The second-order valence-electron chi connectivity index (χ2n) is 3.58. The number of amides is 1. The molecule has 0 aliphatic rings. The third-order valence-corrected chi connectivity index (χ3v) is 2.25. The highest BCUT2D eigenvalue weighted by atomic mass is 16.5. The van der Waals surface area contributed by atoms with E-state index in [1.807, 2.05) is 0 Å². The molecule has 6 heteroatoms. The van der Waals surface area contributed by atoms with Crippen molar-refractivity contribution in [2.24, 2.45) is 0 Å². The lowest BCUT2D eigenvalue weighted by atomic mass is 10.3. The smallest absolute Gasteiger partial charge is 0.338 e. The van der Waals surface area contributed by atoms with E-state index in [4.69, 9.17) is 14.3 Å². The molecule has 0 atom stereocenters. The molecule has 0 fully saturated rings. The van der Waals surface area contributed by atoms with Crippen LogP contribution >= 0.6 is 0 Å². The molecule has 1 aromatic rings. The Labute approximate surface area is 98.8 Å². The number of methoxy groups -OCH3 is 1. The molecule has 1 N–H and O–H groups in total. The summed E-state index contributed by atoms with van der Waals surface area (Å²) in [6.07, 6.45) is 1.77. The highest BCUT2D eigenvalue weighted by Crippen LogP contribution is 2.10. The quantitative estimate of drug-likeness (QED) is 0.754. The molecule has 0 radical (unpaired) electrons. The predicted molar refractivity (Wildman–Crippen MR) is 59.1 cm³/mol. The van der Waals surface area contributed by atoms with Crippen molar-refractivity contribution < 1.29 is 23.8 Å². The van der Waals surface area contributed by atoms with E-state index in [1.54, 1.807) is 14.2 Å². The van der Waals surface area contributed by atoms with Gasteiger partial charge in [0.15, 0.2) is 5.76 Å². The Morgan fingerprint density at radius 2 is 2.24 bits per heavy atom. The van der Waals surface area contributed by atoms with Gasteiger partial charge in [-0.1, -0.05) is 0 Å². The molecule has 6 nitrogen and oxygen atoms in total. The van der Waals surface area contributed by atoms with Crippen LogP contribution in [-0.2, 0) is 4.74 Å². The first-order valence-corrected chi connectivity index (χ1v) is 5.12. The van der Waals surface area contributed by atoms with Gasteiger partial charge >= 0.3 is 5.97 Å². The van der Waals surface area contributed by atoms with E-state index in [1.165, 1.54) is 11.0 Å². The standard InChI is InChI=1S/C11H15NO5/c1-12(4-3-5-16-2)10(13)9-6-8(7-17-9)11(14)15/h6-7H,3-5H2,1-2H3,(H,14,15). The third-order valence-electron chi connectivity index (χ3n) is 2.25. The fourth-order valence-electron chi connectivity index (χ4n) is 1.30. The summed E-state index contributed by atoms with van der Waals surface area (Å²) in [7, 11) is 3.22. The van der Waals surface area contributed by atoms with Crippen molar-refractivity contribution in [2.75, 3.05) is 27.3 Å². The van der Waals surface area contributed by atoms with Crippen LogP contribution in [0.1, 0.15) is 27.3 Å². The monoisotopic (exact) mass is 241 g/mol. The predicted octanol–water partition coefficient (Wildman–Crippen LogP) is 1.09. The summed E-state index contributed by atoms with van der Waals surface area (Å²) in [5.41, 5.74) is -0.0290. The summed E-state index contributed by atoms with van der Waals surface area (Å²) in [5, 5.41) is 8.69. The van der Waals surface area contributed by atoms with Crippen molar-refractivity contribution in [3.63, 3.8) is 0 Å². The molecule has 17 heavy (non-hydrogen) atoms. The molecule has 0 aliphatic carbocycles. The van der Waals surface area contributed by atoms with E-state index >= 15 is 0 Å². The number of nitrogens with zero attached hydrogens (tertiary/aromatic N) is 1. The zero-order valence-corrected chi connectivity index (χ0v) is 9.80. The molecule has 0 spiro atoms. The van der Waals surface area contributed by atoms with Crippen LogP contribution < -0.4 is 0 Å². The summed E-state index contributed by atoms with van der Waals surface area (Å²) < 4.78 is 9.79. The number of ether oxygens (including phenoxy) is 1. The number of aromatic carboxylic acids is 1. The van der Waals surface area contributed by atoms with Crippen molar-refractivity contribution >= 4 is 11.9 Å². The minimum Gasteiger partial charge on any atom is -0.478 e. The Hall–Kier alpha value is -1.82. The van der Waals surface area contributed by atoms with E-state index in [0.717, 1.165) is 6.26 Å². The molecule has 0 bridgehead atoms. The maximum Gasteiger partial charge on any atom is 0.338 e. The van der Waals surface area contributed by atoms with Gasteiger partial charge in [0.25, 0.3) is 5.91 Å². The molecule has 0 saturated carbocycles. The Morgan fingerprint density at radius 3 is 2.76 bits per heavy atom. The number of hydrogen-bond donors (Lipinski definition) is 1. The number of hydrogen-bond acceptors (Lipinski definition) is 4. The number of carboxylic acids is 1. The Balaban J connectivity index is 2.58. The van der Waals surface area contributed by atoms with Gasteiger partial charge in [-0.05, 0) is 6.42 Å². The second-order valence-corrected chi connectivity index (χ2v) is 3.58. The van der Waals surface area contributed by atoms with Gasteiger partial charge in [0.2, 0.25) is 0 Å². The van der Waals surface area contributed by atoms with Crippen molar-refractivity contribution in [1.82, 2.24) is 4.90 Å². The summed E-state index contributed by atoms with van der Waals surface area (Å²) >= 11 is 0. The number of carbonyl (C=O) groups excluding carboxylic acids is 1. The van der Waals surface area contributed by atoms with Crippen LogP contribution in [0.25, 0.3) is 0 Å². The molecular weight excluding hydrogens is 226 g/mol. The van der Waals surface area contributed by atoms with Crippen molar-refractivity contribution in [3.05, 3.63) is 23.7 Å². The first kappa shape index (κ1) is 13.2. The first-order valence-electron chi connectivity index (χ1n) is 5.12. The molecule has 0 aromatic carbocycles. The molecule has 1 heterocycles. The number of carbonyl (C=O) groups is 2. The highest BCUT2D eigenvalue weighted by Gasteiger charge is 2.17. The van der Waals surface area contributed by atoms with Crippen LogP contribution in [0.3, 0.4) is 0 Å². The van der Waals surface area contributed by atoms with Gasteiger partial charge in [0.1, 0.15) is 6.26 Å². The van der Waals surface area contributed by atoms with Crippen molar-refractivity contribution in [1.29, 1.82) is 0 Å². The zero-order valence-electron chi connectivity index (χ0n) is 9.80. The topological polar surface area (TPSA) is 80.0 Å². The molecule has 0 saturated heterocycles. The van der Waals surface area contributed by atoms with Crippen LogP contribution in [0, 0.1) is 0 Å². The third kappa shape index (κ3) is 3.60. The fourth-order valence-corrected chi connectivity index (χ4v) is 1.30. The van der Waals surface area contributed by atoms with Gasteiger partial charge in [-0.2, -0.15) is 0 Å². The van der Waals surface area contributed by atoms with E-state index in [-0.39, 0.29) is 17.2 Å². The average molecular weight is 241 g/mol. The zero-order chi connectivity index (χ0) is 12.8. The normalized spacial score (nSPS) is 10.2. The molecule has 0 unspecified atom stereocenters. The van der Waals surface area contributed by atoms with Gasteiger partial charge in [0.05, 0.1) is 5.56 Å². The minimum atomic E-state index is -1.12. The second kappa shape index (κ2) is 6.05. The Bertz CT molecular complexity index is 398. The maximum atomic E-state index is 11.8. The molecule has 1 aromatic heterocycles. The minimum absolute atomic E-state index is 0.0290. The van der Waals surface area contributed by atoms with Crippen molar-refractivity contribution in [3.8, 4) is 0 Å². The largest absolute Gasteiger partial charge is 0.478 e. The fraction of sp³-hybridized carbons (Fsp3) is 0.455. The van der Waals surface area contributed by atoms with Crippen LogP contribution in [0.5, 0.6) is 0 Å². The summed E-state index contributed by atoms with van der Waals surface area (Å²) in [4.78, 5) is 23.9. The molecule has 1 rings (SSSR count). The Kier molecular flexibility index (Phi) is 4.71. The number of rotatable bonds is 6. The van der Waals surface area contributed by atoms with Gasteiger partial charge in [-0.3, -0.25) is 4.79 Å². The number of carboxylic acid groups (broad SMARTS) is 1. The molecule has 94 valence electrons. The van der Waals surface area contributed by atoms with Crippen LogP contribution in [-0.4, -0.2) is 49.2 Å². The molecular formula is C11H15NO5. The van der Waals surface area contributed by atoms with E-state index in [0.29, 0.717) is 19.6 Å². The first-order chi connectivity index (χ1) is 8.06. The lowest BCUT2D eigenvalue weighted by molar-refractivity contribution is 0.0694. The van der Waals surface area contributed by atoms with E-state index in [9.17, 15) is 9.59 Å². The summed E-state index contributed by atoms with van der Waals surface area (Å²) in [6.45, 7) is 1.09. The van der Waals surface area contributed by atoms with Crippen LogP contribution in [0.15, 0.2) is 16.7 Å². The lowest BCUT2D eigenvalue weighted by Crippen LogP contribution is -2.28. The average Bonchev–Trinajstić information content (AvgIpc) is 2.77. The van der Waals surface area contributed by atoms with Crippen LogP contribution in [0.4, 0.5) is 0 Å². The highest BCUT2D eigenvalue weighted by molar-refractivity contribution is 5.95. The summed E-state index contributed by atoms with van der Waals surface area (Å²) in [6, 6.07) is 1.22. The van der Waals surface area contributed by atoms with E-state index in [2.05, 4.69) is 0 Å². The number of furan rings is 1. The lowest BCUT2D eigenvalue weighted by Gasteiger charge is -2.14. The SMILES string of the molecule is COCCCN(C)C(=O)c1cc(C(=O)O)co1. The van der Waals surface area contributed by atoms with E-state index < -0.39 is 5.97 Å². The van der Waals surface area contributed by atoms with Gasteiger partial charge < -0.3 is 19.2 Å². The summed E-state index contributed by atoms with van der Waals surface area (Å²) in [5.74, 6) is -1.43. The van der Waals surface area contributed by atoms with Gasteiger partial charge in [-0.25, -0.2) is 4.79 Å². The molecule has 0 aliphatic heterocycles.